The topological polar surface area (TPSA) is 77.0 Å². The van der Waals surface area contributed by atoms with Crippen LogP contribution in [0.3, 0.4) is 0 Å². The van der Waals surface area contributed by atoms with Crippen LogP contribution in [0.15, 0.2) is 18.2 Å². The second-order valence-corrected chi connectivity index (χ2v) is 5.99. The first-order chi connectivity index (χ1) is 11.6. The quantitative estimate of drug-likeness (QED) is 0.745. The number of hydrogen-bond acceptors (Lipinski definition) is 5. The summed E-state index contributed by atoms with van der Waals surface area (Å²) in [6, 6.07) is 5.14. The van der Waals surface area contributed by atoms with E-state index in [1.807, 2.05) is 13.0 Å². The molecule has 2 N–H and O–H groups in total. The Balaban J connectivity index is 1.92. The third kappa shape index (κ3) is 4.06. The van der Waals surface area contributed by atoms with E-state index in [-0.39, 0.29) is 23.1 Å². The third-order valence-electron chi connectivity index (χ3n) is 4.72. The molecule has 0 saturated carbocycles. The van der Waals surface area contributed by atoms with Gasteiger partial charge in [-0.15, -0.1) is 0 Å². The summed E-state index contributed by atoms with van der Waals surface area (Å²) >= 11 is 0. The molecular formula is C18H27NO5. The number of hydrogen-bond donors (Lipinski definition) is 2. The van der Waals surface area contributed by atoms with Gasteiger partial charge in [-0.3, -0.25) is 4.79 Å². The molecule has 1 atom stereocenters. The Morgan fingerprint density at radius 3 is 2.79 bits per heavy atom. The SMILES string of the molecule is CCc1ccc(C(=O)NCCC2COCCC2(OC)OC)c(O)c1. The number of nitrogens with one attached hydrogen (secondary N) is 1. The lowest BCUT2D eigenvalue weighted by atomic mass is 9.91. The number of benzene rings is 1. The standard InChI is InChI=1S/C18H27NO5/c1-4-13-5-6-15(16(20)11-13)17(21)19-9-7-14-12-24-10-8-18(14,22-2)23-3/h5-6,11,14,20H,4,7-10,12H2,1-3H3,(H,19,21). The van der Waals surface area contributed by atoms with E-state index in [1.54, 1.807) is 26.4 Å². The molecule has 0 bridgehead atoms. The fraction of sp³-hybridized carbons (Fsp3) is 0.611. The minimum absolute atomic E-state index is 0.0102. The molecule has 0 spiro atoms. The van der Waals surface area contributed by atoms with Gasteiger partial charge >= 0.3 is 0 Å². The molecule has 1 fully saturated rings. The molecule has 1 unspecified atom stereocenters. The minimum Gasteiger partial charge on any atom is -0.507 e. The number of phenolic OH excluding ortho intramolecular Hbond substituents is 1. The van der Waals surface area contributed by atoms with Gasteiger partial charge in [-0.1, -0.05) is 13.0 Å². The Bertz CT molecular complexity index is 556. The number of aromatic hydroxyl groups is 1. The van der Waals surface area contributed by atoms with Crippen LogP contribution in [0.1, 0.15) is 35.7 Å². The highest BCUT2D eigenvalue weighted by atomic mass is 16.7. The molecule has 1 aromatic carbocycles. The molecule has 6 nitrogen and oxygen atoms in total. The monoisotopic (exact) mass is 337 g/mol. The largest absolute Gasteiger partial charge is 0.507 e. The van der Waals surface area contributed by atoms with Crippen molar-refractivity contribution in [1.82, 2.24) is 5.32 Å². The van der Waals surface area contributed by atoms with Crippen molar-refractivity contribution in [3.8, 4) is 5.75 Å². The van der Waals surface area contributed by atoms with E-state index < -0.39 is 5.79 Å². The van der Waals surface area contributed by atoms with Crippen molar-refractivity contribution in [2.24, 2.45) is 5.92 Å². The highest BCUT2D eigenvalue weighted by Crippen LogP contribution is 2.32. The van der Waals surface area contributed by atoms with Gasteiger partial charge in [-0.05, 0) is 30.5 Å². The fourth-order valence-corrected chi connectivity index (χ4v) is 3.14. The zero-order valence-electron chi connectivity index (χ0n) is 14.6. The van der Waals surface area contributed by atoms with Crippen LogP contribution in [0.2, 0.25) is 0 Å². The summed E-state index contributed by atoms with van der Waals surface area (Å²) < 4.78 is 16.7. The molecular weight excluding hydrogens is 310 g/mol. The number of carbonyl (C=O) groups is 1. The molecule has 134 valence electrons. The molecule has 6 heteroatoms. The van der Waals surface area contributed by atoms with Crippen molar-refractivity contribution in [2.75, 3.05) is 34.0 Å². The van der Waals surface area contributed by atoms with Crippen molar-refractivity contribution < 1.29 is 24.1 Å². The Morgan fingerprint density at radius 2 is 2.17 bits per heavy atom. The van der Waals surface area contributed by atoms with E-state index in [1.165, 1.54) is 0 Å². The van der Waals surface area contributed by atoms with Crippen molar-refractivity contribution in [3.05, 3.63) is 29.3 Å². The van der Waals surface area contributed by atoms with Crippen molar-refractivity contribution in [3.63, 3.8) is 0 Å². The summed E-state index contributed by atoms with van der Waals surface area (Å²) in [6.45, 7) is 3.59. The average molecular weight is 337 g/mol. The van der Waals surface area contributed by atoms with Crippen molar-refractivity contribution >= 4 is 5.91 Å². The molecule has 24 heavy (non-hydrogen) atoms. The van der Waals surface area contributed by atoms with Crippen LogP contribution in [0.25, 0.3) is 0 Å². The van der Waals surface area contributed by atoms with E-state index in [4.69, 9.17) is 14.2 Å². The second kappa shape index (κ2) is 8.46. The molecule has 2 rings (SSSR count). The van der Waals surface area contributed by atoms with Gasteiger partial charge in [0.15, 0.2) is 5.79 Å². The molecule has 1 amide bonds. The first-order valence-electron chi connectivity index (χ1n) is 8.34. The van der Waals surface area contributed by atoms with Crippen LogP contribution in [0, 0.1) is 5.92 Å². The van der Waals surface area contributed by atoms with Gasteiger partial charge in [0.1, 0.15) is 5.75 Å². The smallest absolute Gasteiger partial charge is 0.255 e. The lowest BCUT2D eigenvalue weighted by Crippen LogP contribution is -2.49. The lowest BCUT2D eigenvalue weighted by molar-refractivity contribution is -0.276. The van der Waals surface area contributed by atoms with Gasteiger partial charge in [0, 0.05) is 33.1 Å². The summed E-state index contributed by atoms with van der Waals surface area (Å²) in [5, 5.41) is 12.8. The van der Waals surface area contributed by atoms with Crippen LogP contribution < -0.4 is 5.32 Å². The number of phenols is 1. The maximum Gasteiger partial charge on any atom is 0.255 e. The summed E-state index contributed by atoms with van der Waals surface area (Å²) in [7, 11) is 3.27. The Morgan fingerprint density at radius 1 is 1.42 bits per heavy atom. The molecule has 1 aliphatic heterocycles. The number of carbonyl (C=O) groups excluding carboxylic acids is 1. The normalized spacial score (nSPS) is 19.9. The van der Waals surface area contributed by atoms with E-state index >= 15 is 0 Å². The van der Waals surface area contributed by atoms with Gasteiger partial charge in [-0.2, -0.15) is 0 Å². The number of amides is 1. The van der Waals surface area contributed by atoms with E-state index in [9.17, 15) is 9.90 Å². The molecule has 1 aliphatic rings. The molecule has 1 heterocycles. The summed E-state index contributed by atoms with van der Waals surface area (Å²) in [5.74, 6) is -0.894. The maximum absolute atomic E-state index is 12.2. The fourth-order valence-electron chi connectivity index (χ4n) is 3.14. The Hall–Kier alpha value is -1.63. The predicted octanol–water partition coefficient (Wildman–Crippen LogP) is 2.10. The summed E-state index contributed by atoms with van der Waals surface area (Å²) in [5.41, 5.74) is 1.28. The van der Waals surface area contributed by atoms with Crippen LogP contribution in [-0.4, -0.2) is 50.8 Å². The van der Waals surface area contributed by atoms with E-state index in [0.717, 1.165) is 12.0 Å². The van der Waals surface area contributed by atoms with Crippen LogP contribution in [-0.2, 0) is 20.6 Å². The van der Waals surface area contributed by atoms with Crippen LogP contribution in [0.4, 0.5) is 0 Å². The Kier molecular flexibility index (Phi) is 6.60. The van der Waals surface area contributed by atoms with E-state index in [2.05, 4.69) is 5.32 Å². The highest BCUT2D eigenvalue weighted by Gasteiger charge is 2.41. The first kappa shape index (κ1) is 18.7. The second-order valence-electron chi connectivity index (χ2n) is 5.99. The number of methoxy groups -OCH3 is 2. The first-order valence-corrected chi connectivity index (χ1v) is 8.34. The van der Waals surface area contributed by atoms with E-state index in [0.29, 0.717) is 32.6 Å². The zero-order chi connectivity index (χ0) is 17.6. The van der Waals surface area contributed by atoms with Crippen LogP contribution >= 0.6 is 0 Å². The van der Waals surface area contributed by atoms with Crippen LogP contribution in [0.5, 0.6) is 5.75 Å². The van der Waals surface area contributed by atoms with Gasteiger partial charge in [0.05, 0.1) is 18.8 Å². The van der Waals surface area contributed by atoms with Gasteiger partial charge in [0.2, 0.25) is 0 Å². The number of rotatable bonds is 7. The Labute approximate surface area is 143 Å². The predicted molar refractivity (Wildman–Crippen MR) is 90.1 cm³/mol. The highest BCUT2D eigenvalue weighted by molar-refractivity contribution is 5.96. The van der Waals surface area contributed by atoms with Gasteiger partial charge < -0.3 is 24.6 Å². The average Bonchev–Trinajstić information content (AvgIpc) is 2.61. The number of aryl methyl sites for hydroxylation is 1. The molecule has 0 aliphatic carbocycles. The molecule has 1 saturated heterocycles. The van der Waals surface area contributed by atoms with Gasteiger partial charge in [-0.25, -0.2) is 0 Å². The third-order valence-corrected chi connectivity index (χ3v) is 4.72. The van der Waals surface area contributed by atoms with Gasteiger partial charge in [0.25, 0.3) is 5.91 Å². The minimum atomic E-state index is -0.659. The molecule has 0 aromatic heterocycles. The molecule has 1 aromatic rings. The maximum atomic E-state index is 12.2. The summed E-state index contributed by atoms with van der Waals surface area (Å²) in [6.07, 6.45) is 2.15. The van der Waals surface area contributed by atoms with Crippen molar-refractivity contribution in [1.29, 1.82) is 0 Å². The number of ether oxygens (including phenoxy) is 3. The lowest BCUT2D eigenvalue weighted by Gasteiger charge is -2.41. The molecule has 0 radical (unpaired) electrons. The van der Waals surface area contributed by atoms with Crippen molar-refractivity contribution in [2.45, 2.75) is 32.0 Å². The zero-order valence-corrected chi connectivity index (χ0v) is 14.6. The summed E-state index contributed by atoms with van der Waals surface area (Å²) in [4.78, 5) is 12.2.